The number of alkyl halides is 9. The largest absolute Gasteiger partial charge is 0.573 e. The highest BCUT2D eigenvalue weighted by Crippen LogP contribution is 2.38. The molecular formula is C31H36ClF9N6O3. The molecule has 0 bridgehead atoms. The number of carboxylic acids is 1. The Hall–Kier alpha value is -3.96. The first kappa shape index (κ1) is 40.5. The number of ether oxygens (including phenoxy) is 1. The Kier molecular flexibility index (Phi) is 12.9. The fourth-order valence-corrected chi connectivity index (χ4v) is 5.94. The zero-order valence-electron chi connectivity index (χ0n) is 27.1. The van der Waals surface area contributed by atoms with Crippen molar-refractivity contribution in [3.05, 3.63) is 58.7 Å². The molecular weight excluding hydrogens is 711 g/mol. The summed E-state index contributed by atoms with van der Waals surface area (Å²) >= 11 is 0. The van der Waals surface area contributed by atoms with Crippen LogP contribution in [-0.2, 0) is 37.3 Å². The van der Waals surface area contributed by atoms with Crippen LogP contribution in [0.1, 0.15) is 61.8 Å². The predicted octanol–water partition coefficient (Wildman–Crippen LogP) is 8.13. The molecule has 4 rings (SSSR count). The number of hydrogen-bond donors (Lipinski definition) is 1. The maximum atomic E-state index is 13.7. The number of rotatable bonds is 12. The Bertz CT molecular complexity index is 1560. The Labute approximate surface area is 287 Å². The molecule has 0 atom stereocenters. The van der Waals surface area contributed by atoms with Crippen molar-refractivity contribution in [1.82, 2.24) is 20.2 Å². The topological polar surface area (TPSA) is 96.6 Å². The second-order valence-corrected chi connectivity index (χ2v) is 12.5. The molecule has 0 radical (unpaired) electrons. The first-order valence-corrected chi connectivity index (χ1v) is 15.3. The van der Waals surface area contributed by atoms with Gasteiger partial charge >= 0.3 is 24.7 Å². The highest BCUT2D eigenvalue weighted by atomic mass is 35.5. The average molecular weight is 747 g/mol. The third kappa shape index (κ3) is 11.3. The highest BCUT2D eigenvalue weighted by molar-refractivity contribution is 5.85. The number of carboxylic acid groups (broad SMARTS) is 1. The maximum absolute atomic E-state index is 13.7. The Morgan fingerprint density at radius 1 is 0.920 bits per heavy atom. The molecule has 1 aromatic heterocycles. The second-order valence-electron chi connectivity index (χ2n) is 12.5. The summed E-state index contributed by atoms with van der Waals surface area (Å²) in [6.45, 7) is 3.73. The van der Waals surface area contributed by atoms with E-state index in [-0.39, 0.29) is 48.4 Å². The van der Waals surface area contributed by atoms with Crippen molar-refractivity contribution in [3.8, 4) is 5.75 Å². The molecule has 1 saturated carbocycles. The van der Waals surface area contributed by atoms with Gasteiger partial charge in [0.05, 0.1) is 24.1 Å². The molecule has 3 aromatic rings. The zero-order valence-corrected chi connectivity index (χ0v) is 27.9. The van der Waals surface area contributed by atoms with E-state index in [1.165, 1.54) is 18.0 Å². The van der Waals surface area contributed by atoms with Crippen LogP contribution in [0.4, 0.5) is 51.1 Å². The van der Waals surface area contributed by atoms with Crippen LogP contribution >= 0.6 is 12.4 Å². The molecule has 278 valence electrons. The average Bonchev–Trinajstić information content (AvgIpc) is 3.41. The van der Waals surface area contributed by atoms with E-state index in [0.717, 1.165) is 16.9 Å². The Balaban J connectivity index is 0.00000676. The van der Waals surface area contributed by atoms with Gasteiger partial charge in [-0.15, -0.1) is 30.7 Å². The third-order valence-corrected chi connectivity index (χ3v) is 8.05. The fraction of sp³-hybridized carbons (Fsp3) is 0.548. The van der Waals surface area contributed by atoms with Gasteiger partial charge in [0, 0.05) is 31.9 Å². The number of benzene rings is 2. The molecule has 1 heterocycles. The minimum atomic E-state index is -5.11. The van der Waals surface area contributed by atoms with Crippen LogP contribution in [0, 0.1) is 17.8 Å². The Morgan fingerprint density at radius 2 is 1.52 bits per heavy atom. The second kappa shape index (κ2) is 15.9. The van der Waals surface area contributed by atoms with Gasteiger partial charge in [0.1, 0.15) is 5.75 Å². The van der Waals surface area contributed by atoms with Crippen molar-refractivity contribution in [2.45, 2.75) is 71.3 Å². The van der Waals surface area contributed by atoms with Gasteiger partial charge in [-0.3, -0.25) is 4.79 Å². The van der Waals surface area contributed by atoms with E-state index in [1.807, 2.05) is 18.7 Å². The monoisotopic (exact) mass is 746 g/mol. The zero-order chi connectivity index (χ0) is 36.3. The molecule has 0 aliphatic heterocycles. The molecule has 1 aliphatic rings. The molecule has 9 nitrogen and oxygen atoms in total. The number of tetrazole rings is 1. The van der Waals surface area contributed by atoms with Gasteiger partial charge in [-0.25, -0.2) is 0 Å². The number of hydrogen-bond acceptors (Lipinski definition) is 7. The van der Waals surface area contributed by atoms with Gasteiger partial charge < -0.3 is 19.6 Å². The van der Waals surface area contributed by atoms with E-state index >= 15 is 0 Å². The van der Waals surface area contributed by atoms with Gasteiger partial charge in [-0.2, -0.15) is 31.1 Å². The molecule has 0 spiro atoms. The number of anilines is 2. The van der Waals surface area contributed by atoms with Crippen LogP contribution in [0.15, 0.2) is 36.4 Å². The summed E-state index contributed by atoms with van der Waals surface area (Å²) in [6.07, 6.45) is -13.2. The van der Waals surface area contributed by atoms with Crippen LogP contribution in [0.3, 0.4) is 0 Å². The van der Waals surface area contributed by atoms with Crippen molar-refractivity contribution in [1.29, 1.82) is 0 Å². The molecule has 0 saturated heterocycles. The van der Waals surface area contributed by atoms with Crippen molar-refractivity contribution in [3.63, 3.8) is 0 Å². The summed E-state index contributed by atoms with van der Waals surface area (Å²) in [6, 6.07) is 4.75. The van der Waals surface area contributed by atoms with Gasteiger partial charge in [-0.05, 0) is 90.3 Å². The molecule has 0 unspecified atom stereocenters. The van der Waals surface area contributed by atoms with Crippen LogP contribution < -0.4 is 14.5 Å². The lowest BCUT2D eigenvalue weighted by Crippen LogP contribution is -2.36. The molecule has 50 heavy (non-hydrogen) atoms. The van der Waals surface area contributed by atoms with Gasteiger partial charge in [0.15, 0.2) is 0 Å². The Morgan fingerprint density at radius 3 is 2.00 bits per heavy atom. The molecule has 1 aliphatic carbocycles. The first-order chi connectivity index (χ1) is 22.7. The van der Waals surface area contributed by atoms with Crippen LogP contribution in [0.25, 0.3) is 0 Å². The lowest BCUT2D eigenvalue weighted by molar-refractivity contribution is -0.274. The maximum Gasteiger partial charge on any atom is 0.573 e. The number of nitrogens with zero attached hydrogens (tertiary/aromatic N) is 6. The fourth-order valence-electron chi connectivity index (χ4n) is 5.94. The van der Waals surface area contributed by atoms with Gasteiger partial charge in [-0.1, -0.05) is 18.9 Å². The quantitative estimate of drug-likeness (QED) is 0.186. The molecule has 2 aromatic carbocycles. The number of carbonyl (C=O) groups is 1. The number of aliphatic carboxylic acids is 1. The van der Waals surface area contributed by atoms with E-state index in [2.05, 4.69) is 20.1 Å². The van der Waals surface area contributed by atoms with Crippen LogP contribution in [-0.4, -0.2) is 50.7 Å². The lowest BCUT2D eigenvalue weighted by atomic mass is 9.81. The van der Waals surface area contributed by atoms with Crippen molar-refractivity contribution in [2.24, 2.45) is 24.8 Å². The summed E-state index contributed by atoms with van der Waals surface area (Å²) < 4.78 is 126. The van der Waals surface area contributed by atoms with Crippen molar-refractivity contribution in [2.75, 3.05) is 22.9 Å². The number of aromatic nitrogens is 4. The van der Waals surface area contributed by atoms with Gasteiger partial charge in [0.2, 0.25) is 0 Å². The SMILES string of the molecule is CC(C)CN(CC1CCC(C(=O)O)CC1)c1ccc(OC(F)(F)F)cc1CN(Cc1cc(C(F)(F)F)cc(C(F)(F)F)c1)c1nnn(C)n1.Cl. The molecule has 0 amide bonds. The predicted molar refractivity (Wildman–Crippen MR) is 166 cm³/mol. The summed E-state index contributed by atoms with van der Waals surface area (Å²) in [5.41, 5.74) is -2.85. The minimum absolute atomic E-state index is 0. The van der Waals surface area contributed by atoms with Crippen molar-refractivity contribution >= 4 is 30.0 Å². The highest BCUT2D eigenvalue weighted by Gasteiger charge is 2.37. The van der Waals surface area contributed by atoms with E-state index in [1.54, 1.807) is 0 Å². The van der Waals surface area contributed by atoms with Crippen LogP contribution in [0.5, 0.6) is 5.75 Å². The third-order valence-electron chi connectivity index (χ3n) is 8.05. The minimum Gasteiger partial charge on any atom is -0.481 e. The summed E-state index contributed by atoms with van der Waals surface area (Å²) in [7, 11) is 1.38. The van der Waals surface area contributed by atoms with Gasteiger partial charge in [0.25, 0.3) is 5.95 Å². The number of halogens is 10. The normalized spacial score (nSPS) is 17.0. The lowest BCUT2D eigenvalue weighted by Gasteiger charge is -2.35. The van der Waals surface area contributed by atoms with Crippen LogP contribution in [0.2, 0.25) is 0 Å². The van der Waals surface area contributed by atoms with Crippen molar-refractivity contribution < 1.29 is 54.2 Å². The molecule has 19 heteroatoms. The standard InChI is InChI=1S/C31H35F9N6O3.ClH/c1-18(2)14-45(15-19-4-6-21(7-5-19)27(47)48)26-9-8-25(49-31(38,39)40)12-22(26)17-46(28-41-43-44(3)42-28)16-20-10-23(29(32,33)34)13-24(11-20)30(35,36)37;/h8-13,18-19,21H,4-7,14-17H2,1-3H3,(H,47,48);1H. The van der Waals surface area contributed by atoms with E-state index in [4.69, 9.17) is 0 Å². The first-order valence-electron chi connectivity index (χ1n) is 15.3. The molecule has 1 N–H and O–H groups in total. The molecule has 1 fully saturated rings. The van der Waals surface area contributed by atoms with E-state index < -0.39 is 59.6 Å². The number of aryl methyl sites for hydroxylation is 1. The summed E-state index contributed by atoms with van der Waals surface area (Å²) in [5.74, 6) is -2.03. The van der Waals surface area contributed by atoms with E-state index in [0.29, 0.717) is 56.6 Å². The summed E-state index contributed by atoms with van der Waals surface area (Å²) in [5, 5.41) is 21.1. The smallest absolute Gasteiger partial charge is 0.481 e. The van der Waals surface area contributed by atoms with E-state index in [9.17, 15) is 49.4 Å². The summed E-state index contributed by atoms with van der Waals surface area (Å²) in [4.78, 5) is 15.6.